The standard InChI is InChI=1S/C16H15NOS.ClH/c1-18-14-7-6-11-4-2-3-5-13(11)15(14)16(17)12-8-9-19-10-12;/h2-10,16H,17H2,1H3;1H/t16-;/m1./s1. The highest BCUT2D eigenvalue weighted by Crippen LogP contribution is 2.35. The highest BCUT2D eigenvalue weighted by atomic mass is 35.5. The Kier molecular flexibility index (Phi) is 4.65. The first kappa shape index (κ1) is 14.9. The van der Waals surface area contributed by atoms with E-state index in [1.807, 2.05) is 23.6 Å². The molecule has 0 aliphatic heterocycles. The number of halogens is 1. The summed E-state index contributed by atoms with van der Waals surface area (Å²) in [6, 6.07) is 14.2. The maximum Gasteiger partial charge on any atom is 0.124 e. The highest BCUT2D eigenvalue weighted by Gasteiger charge is 2.17. The molecule has 3 rings (SSSR count). The van der Waals surface area contributed by atoms with Crippen LogP contribution in [0, 0.1) is 0 Å². The lowest BCUT2D eigenvalue weighted by atomic mass is 9.95. The molecule has 1 atom stereocenters. The zero-order chi connectivity index (χ0) is 13.2. The number of methoxy groups -OCH3 is 1. The summed E-state index contributed by atoms with van der Waals surface area (Å²) in [7, 11) is 1.69. The average molecular weight is 306 g/mol. The third-order valence-corrected chi connectivity index (χ3v) is 4.07. The molecule has 2 N–H and O–H groups in total. The summed E-state index contributed by atoms with van der Waals surface area (Å²) >= 11 is 1.66. The van der Waals surface area contributed by atoms with Gasteiger partial charge in [-0.2, -0.15) is 11.3 Å². The van der Waals surface area contributed by atoms with Crippen LogP contribution in [-0.2, 0) is 0 Å². The molecule has 0 bridgehead atoms. The second-order valence-corrected chi connectivity index (χ2v) is 5.22. The summed E-state index contributed by atoms with van der Waals surface area (Å²) in [4.78, 5) is 0. The fourth-order valence-electron chi connectivity index (χ4n) is 2.39. The summed E-state index contributed by atoms with van der Waals surface area (Å²) in [5.74, 6) is 0.845. The van der Waals surface area contributed by atoms with E-state index in [1.54, 1.807) is 18.4 Å². The number of nitrogens with two attached hydrogens (primary N) is 1. The van der Waals surface area contributed by atoms with Crippen LogP contribution in [0.2, 0.25) is 0 Å². The van der Waals surface area contributed by atoms with Crippen molar-refractivity contribution in [3.05, 3.63) is 64.4 Å². The van der Waals surface area contributed by atoms with Crippen molar-refractivity contribution in [3.8, 4) is 5.75 Å². The lowest BCUT2D eigenvalue weighted by Gasteiger charge is -2.17. The van der Waals surface area contributed by atoms with Crippen molar-refractivity contribution >= 4 is 34.5 Å². The first-order valence-corrected chi connectivity index (χ1v) is 7.09. The van der Waals surface area contributed by atoms with Gasteiger partial charge in [0.15, 0.2) is 0 Å². The van der Waals surface area contributed by atoms with E-state index in [9.17, 15) is 0 Å². The lowest BCUT2D eigenvalue weighted by Crippen LogP contribution is -2.12. The van der Waals surface area contributed by atoms with E-state index in [0.29, 0.717) is 0 Å². The Balaban J connectivity index is 0.00000147. The van der Waals surface area contributed by atoms with Gasteiger partial charge in [0, 0.05) is 5.56 Å². The number of thiophene rings is 1. The van der Waals surface area contributed by atoms with Crippen molar-refractivity contribution in [3.63, 3.8) is 0 Å². The van der Waals surface area contributed by atoms with Gasteiger partial charge in [-0.25, -0.2) is 0 Å². The van der Waals surface area contributed by atoms with Gasteiger partial charge in [-0.05, 0) is 39.2 Å². The molecule has 4 heteroatoms. The molecule has 3 aromatic rings. The van der Waals surface area contributed by atoms with Crippen LogP contribution in [0.5, 0.6) is 5.75 Å². The minimum Gasteiger partial charge on any atom is -0.496 e. The van der Waals surface area contributed by atoms with Crippen molar-refractivity contribution < 1.29 is 4.74 Å². The third-order valence-electron chi connectivity index (χ3n) is 3.36. The van der Waals surface area contributed by atoms with E-state index in [4.69, 9.17) is 10.5 Å². The van der Waals surface area contributed by atoms with Crippen molar-refractivity contribution in [2.24, 2.45) is 5.73 Å². The molecule has 1 aromatic heterocycles. The molecule has 0 aliphatic rings. The Labute approximate surface area is 128 Å². The SMILES string of the molecule is COc1ccc2ccccc2c1[C@H](N)c1ccsc1.Cl. The summed E-state index contributed by atoms with van der Waals surface area (Å²) in [5.41, 5.74) is 8.61. The van der Waals surface area contributed by atoms with Crippen LogP contribution >= 0.6 is 23.7 Å². The van der Waals surface area contributed by atoms with E-state index in [1.165, 1.54) is 5.39 Å². The van der Waals surface area contributed by atoms with Gasteiger partial charge in [0.2, 0.25) is 0 Å². The summed E-state index contributed by atoms with van der Waals surface area (Å²) in [6.07, 6.45) is 0. The molecular formula is C16H16ClNOS. The third kappa shape index (κ3) is 2.52. The molecule has 0 spiro atoms. The minimum absolute atomic E-state index is 0. The predicted molar refractivity (Wildman–Crippen MR) is 88.1 cm³/mol. The predicted octanol–water partition coefficient (Wildman–Crippen LogP) is 4.38. The van der Waals surface area contributed by atoms with Crippen LogP contribution in [0.25, 0.3) is 10.8 Å². The minimum atomic E-state index is -0.160. The molecule has 0 amide bonds. The Morgan fingerprint density at radius 2 is 1.90 bits per heavy atom. The molecule has 0 unspecified atom stereocenters. The second kappa shape index (κ2) is 6.27. The Morgan fingerprint density at radius 3 is 2.60 bits per heavy atom. The number of hydrogen-bond donors (Lipinski definition) is 1. The second-order valence-electron chi connectivity index (χ2n) is 4.44. The number of fused-ring (bicyclic) bond motifs is 1. The van der Waals surface area contributed by atoms with E-state index < -0.39 is 0 Å². The average Bonchev–Trinajstić information content (AvgIpc) is 2.99. The largest absolute Gasteiger partial charge is 0.496 e. The molecule has 104 valence electrons. The van der Waals surface area contributed by atoms with Crippen molar-refractivity contribution in [1.82, 2.24) is 0 Å². The van der Waals surface area contributed by atoms with Crippen LogP contribution in [0.15, 0.2) is 53.2 Å². The monoisotopic (exact) mass is 305 g/mol. The van der Waals surface area contributed by atoms with Gasteiger partial charge in [0.1, 0.15) is 5.75 Å². The van der Waals surface area contributed by atoms with Crippen LogP contribution in [0.3, 0.4) is 0 Å². The molecule has 0 saturated heterocycles. The maximum atomic E-state index is 6.43. The highest BCUT2D eigenvalue weighted by molar-refractivity contribution is 7.08. The zero-order valence-corrected chi connectivity index (χ0v) is 12.7. The lowest BCUT2D eigenvalue weighted by molar-refractivity contribution is 0.409. The van der Waals surface area contributed by atoms with Gasteiger partial charge in [-0.3, -0.25) is 0 Å². The topological polar surface area (TPSA) is 35.2 Å². The molecular weight excluding hydrogens is 290 g/mol. The molecule has 2 aromatic carbocycles. The van der Waals surface area contributed by atoms with Crippen LogP contribution in [0.4, 0.5) is 0 Å². The van der Waals surface area contributed by atoms with Gasteiger partial charge in [0.25, 0.3) is 0 Å². The van der Waals surface area contributed by atoms with Crippen molar-refractivity contribution in [1.29, 1.82) is 0 Å². The maximum absolute atomic E-state index is 6.43. The number of ether oxygens (including phenoxy) is 1. The van der Waals surface area contributed by atoms with Crippen LogP contribution in [0.1, 0.15) is 17.2 Å². The smallest absolute Gasteiger partial charge is 0.124 e. The van der Waals surface area contributed by atoms with E-state index in [2.05, 4.69) is 29.6 Å². The normalized spacial score (nSPS) is 11.9. The van der Waals surface area contributed by atoms with E-state index in [0.717, 1.165) is 22.3 Å². The fraction of sp³-hybridized carbons (Fsp3) is 0.125. The molecule has 2 nitrogen and oxygen atoms in total. The molecule has 1 heterocycles. The van der Waals surface area contributed by atoms with Crippen molar-refractivity contribution in [2.45, 2.75) is 6.04 Å². The summed E-state index contributed by atoms with van der Waals surface area (Å²) < 4.78 is 5.50. The van der Waals surface area contributed by atoms with E-state index >= 15 is 0 Å². The summed E-state index contributed by atoms with van der Waals surface area (Å²) in [6.45, 7) is 0. The zero-order valence-electron chi connectivity index (χ0n) is 11.1. The number of hydrogen-bond acceptors (Lipinski definition) is 3. The quantitative estimate of drug-likeness (QED) is 0.779. The molecule has 0 saturated carbocycles. The fourth-order valence-corrected chi connectivity index (χ4v) is 3.09. The van der Waals surface area contributed by atoms with Crippen LogP contribution in [-0.4, -0.2) is 7.11 Å². The Hall–Kier alpha value is -1.55. The molecule has 0 radical (unpaired) electrons. The number of benzene rings is 2. The number of rotatable bonds is 3. The summed E-state index contributed by atoms with van der Waals surface area (Å²) in [5, 5.41) is 6.48. The van der Waals surface area contributed by atoms with Gasteiger partial charge in [-0.1, -0.05) is 30.3 Å². The van der Waals surface area contributed by atoms with E-state index in [-0.39, 0.29) is 18.4 Å². The molecule has 20 heavy (non-hydrogen) atoms. The van der Waals surface area contributed by atoms with Gasteiger partial charge >= 0.3 is 0 Å². The first-order chi connectivity index (χ1) is 9.31. The van der Waals surface area contributed by atoms with Gasteiger partial charge in [0.05, 0.1) is 13.2 Å². The van der Waals surface area contributed by atoms with Gasteiger partial charge < -0.3 is 10.5 Å². The van der Waals surface area contributed by atoms with Gasteiger partial charge in [-0.15, -0.1) is 12.4 Å². The molecule has 0 aliphatic carbocycles. The van der Waals surface area contributed by atoms with Crippen LogP contribution < -0.4 is 10.5 Å². The molecule has 0 fully saturated rings. The first-order valence-electron chi connectivity index (χ1n) is 6.14. The Morgan fingerprint density at radius 1 is 1.10 bits per heavy atom. The Bertz CT molecular complexity index is 697. The van der Waals surface area contributed by atoms with Crippen molar-refractivity contribution in [2.75, 3.05) is 7.11 Å².